The minimum Gasteiger partial charge on any atom is -0.377 e. The summed E-state index contributed by atoms with van der Waals surface area (Å²) in [5, 5.41) is 8.35. The van der Waals surface area contributed by atoms with Gasteiger partial charge in [0.1, 0.15) is 71.1 Å². The van der Waals surface area contributed by atoms with Gasteiger partial charge in [0, 0.05) is 88.9 Å². The van der Waals surface area contributed by atoms with Crippen molar-refractivity contribution in [3.8, 4) is 0 Å². The average molecular weight is 1560 g/mol. The lowest BCUT2D eigenvalue weighted by Crippen LogP contribution is -2.68. The van der Waals surface area contributed by atoms with Crippen LogP contribution in [0.2, 0.25) is 0 Å². The highest BCUT2D eigenvalue weighted by atomic mass is 19.4. The number of ether oxygens (including phenoxy) is 1. The van der Waals surface area contributed by atoms with Crippen LogP contribution in [-0.4, -0.2) is 264 Å². The fraction of sp³-hybridized carbons (Fsp3) is 0.662. The molecule has 3 N–H and O–H groups in total. The predicted octanol–water partition coefficient (Wildman–Crippen LogP) is 6.27. The van der Waals surface area contributed by atoms with Crippen molar-refractivity contribution in [1.82, 2.24) is 60.0 Å². The number of benzene rings is 2. The van der Waals surface area contributed by atoms with E-state index in [1.54, 1.807) is 32.9 Å². The summed E-state index contributed by atoms with van der Waals surface area (Å²) >= 11 is 0. The second-order valence-corrected chi connectivity index (χ2v) is 30.8. The highest BCUT2D eigenvalue weighted by Crippen LogP contribution is 2.40. The largest absolute Gasteiger partial charge is 0.422 e. The van der Waals surface area contributed by atoms with Gasteiger partial charge in [-0.05, 0) is 124 Å². The Morgan fingerprint density at radius 2 is 1.27 bits per heavy atom. The first-order valence-electron chi connectivity index (χ1n) is 38.0. The van der Waals surface area contributed by atoms with Crippen LogP contribution >= 0.6 is 0 Å². The number of nitrogens with zero attached hydrogens (tertiary/aromatic N) is 9. The van der Waals surface area contributed by atoms with E-state index in [2.05, 4.69) is 16.0 Å². The molecule has 12 amide bonds. The van der Waals surface area contributed by atoms with Gasteiger partial charge < -0.3 is 64.8 Å². The summed E-state index contributed by atoms with van der Waals surface area (Å²) in [6, 6.07) is -7.20. The van der Waals surface area contributed by atoms with E-state index >= 15 is 47.1 Å². The van der Waals surface area contributed by atoms with Crippen molar-refractivity contribution < 1.29 is 97.4 Å². The van der Waals surface area contributed by atoms with Crippen LogP contribution in [0.15, 0.2) is 48.6 Å². The number of carbonyl (C=O) groups excluding carboxylic acids is 12. The number of halogens is 8. The Bertz CT molecular complexity index is 3710. The lowest BCUT2D eigenvalue weighted by atomic mass is 9.74. The average Bonchev–Trinajstić information content (AvgIpc) is 1.58. The highest BCUT2D eigenvalue weighted by Gasteiger charge is 2.54. The van der Waals surface area contributed by atoms with E-state index < -0.39 is 222 Å². The molecule has 6 aliphatic rings. The Hall–Kier alpha value is -8.78. The third-order valence-electron chi connectivity index (χ3n) is 23.1. The molecular formula is C77H106F8N12O13. The second kappa shape index (κ2) is 37.0. The van der Waals surface area contributed by atoms with Crippen molar-refractivity contribution >= 4 is 70.9 Å². The maximum Gasteiger partial charge on any atom is 0.422 e. The first-order valence-corrected chi connectivity index (χ1v) is 38.0. The Morgan fingerprint density at radius 3 is 1.85 bits per heavy atom. The van der Waals surface area contributed by atoms with E-state index in [9.17, 15) is 45.5 Å². The number of aryl methyl sites for hydroxylation is 1. The van der Waals surface area contributed by atoms with Crippen LogP contribution in [0.25, 0.3) is 0 Å². The Kier molecular flexibility index (Phi) is 29.2. The molecule has 2 saturated heterocycles. The van der Waals surface area contributed by atoms with Crippen LogP contribution < -0.4 is 16.0 Å². The van der Waals surface area contributed by atoms with E-state index in [1.165, 1.54) is 64.0 Å². The van der Waals surface area contributed by atoms with Crippen molar-refractivity contribution in [1.29, 1.82) is 0 Å². The van der Waals surface area contributed by atoms with Crippen LogP contribution in [0.4, 0.5) is 35.1 Å². The molecule has 3 aliphatic carbocycles. The second-order valence-electron chi connectivity index (χ2n) is 30.8. The third kappa shape index (κ3) is 20.5. The molecular weight excluding hydrogens is 1450 g/mol. The van der Waals surface area contributed by atoms with Gasteiger partial charge in [-0.25, -0.2) is 8.78 Å². The van der Waals surface area contributed by atoms with E-state index in [0.29, 0.717) is 50.7 Å². The predicted molar refractivity (Wildman–Crippen MR) is 386 cm³/mol. The van der Waals surface area contributed by atoms with Crippen molar-refractivity contribution in [3.05, 3.63) is 82.4 Å². The zero-order chi connectivity index (χ0) is 81.2. The van der Waals surface area contributed by atoms with Crippen molar-refractivity contribution in [2.75, 3.05) is 89.2 Å². The van der Waals surface area contributed by atoms with Crippen LogP contribution in [0.5, 0.6) is 0 Å². The normalized spacial score (nSPS) is 26.7. The quantitative estimate of drug-likeness (QED) is 0.147. The Balaban J connectivity index is 1.23. The van der Waals surface area contributed by atoms with Gasteiger partial charge in [-0.1, -0.05) is 83.1 Å². The van der Waals surface area contributed by atoms with E-state index in [0.717, 1.165) is 86.4 Å². The van der Waals surface area contributed by atoms with Crippen molar-refractivity contribution in [3.63, 3.8) is 0 Å². The van der Waals surface area contributed by atoms with E-state index in [1.807, 2.05) is 0 Å². The van der Waals surface area contributed by atoms with Gasteiger partial charge in [-0.15, -0.1) is 0 Å². The summed E-state index contributed by atoms with van der Waals surface area (Å²) in [6.07, 6.45) is -4.08. The standard InChI is InChI=1S/C77H106F8N12O13/c1-12-45(3)64-72(107)91(7)44-62(100)92(8)55-26-15-14-20-35-96(71(55)106)59(39-47-27-30-50(31-28-47)76(80,81)82)70(105)90(6)43-60(98)86-54(32-29-48-36-52(78)63(53(79)37-48)77(83,84)85)68(103)97-42-51(110-13-2)40-57(97)67(102)88-75(33-21-34-75)74(109)95(11)65(49-24-18-19-25-49)73(108)94(10)58(69(104)89(4)5)41-61(99)93(9)56(66(101)87-64)38-46-22-16-17-23-46/h14-15,27-28,30-31,36-37,45-46,49,51,54-59,64-65H,12-13,16-26,29,32-35,38-44H2,1-11H3,(H,86,98)(H,87,101)(H,88,102)/b15-14-/t45-,51+,54-,55-,56-,57-,58-,59-,64-,65-/m0/s1. The van der Waals surface area contributed by atoms with Gasteiger partial charge in [-0.2, -0.15) is 26.3 Å². The molecule has 110 heavy (non-hydrogen) atoms. The first kappa shape index (κ1) is 86.8. The molecule has 0 radical (unpaired) electrons. The van der Waals surface area contributed by atoms with Gasteiger partial charge >= 0.3 is 12.4 Å². The van der Waals surface area contributed by atoms with Crippen LogP contribution in [0.3, 0.4) is 0 Å². The molecule has 2 aromatic rings. The molecule has 25 nitrogen and oxygen atoms in total. The zero-order valence-corrected chi connectivity index (χ0v) is 64.6. The molecule has 1 spiro atoms. The fourth-order valence-electron chi connectivity index (χ4n) is 16.2. The van der Waals surface area contributed by atoms with Crippen molar-refractivity contribution in [2.24, 2.45) is 17.8 Å². The number of alkyl halides is 6. The summed E-state index contributed by atoms with van der Waals surface area (Å²) in [4.78, 5) is 192. The van der Waals surface area contributed by atoms with E-state index in [-0.39, 0.29) is 69.7 Å². The minimum absolute atomic E-state index is 0.0384. The van der Waals surface area contributed by atoms with Crippen LogP contribution in [0, 0.1) is 29.4 Å². The number of rotatable bonds is 13. The van der Waals surface area contributed by atoms with Crippen molar-refractivity contribution in [2.45, 2.75) is 222 Å². The van der Waals surface area contributed by atoms with Gasteiger partial charge in [0.05, 0.1) is 31.2 Å². The molecule has 33 heteroatoms. The maximum absolute atomic E-state index is 15.6. The number of likely N-dealkylation sites (N-methyl/N-ethyl adjacent to an activating group) is 7. The molecule has 0 unspecified atom stereocenters. The smallest absolute Gasteiger partial charge is 0.377 e. The third-order valence-corrected chi connectivity index (χ3v) is 23.1. The molecule has 608 valence electrons. The monoisotopic (exact) mass is 1560 g/mol. The van der Waals surface area contributed by atoms with Gasteiger partial charge in [0.15, 0.2) is 0 Å². The summed E-state index contributed by atoms with van der Waals surface area (Å²) in [7, 11) is 10.8. The van der Waals surface area contributed by atoms with Gasteiger partial charge in [0.2, 0.25) is 70.9 Å². The lowest BCUT2D eigenvalue weighted by molar-refractivity contribution is -0.158. The first-order chi connectivity index (χ1) is 51.7. The van der Waals surface area contributed by atoms with Crippen LogP contribution in [-0.2, 0) is 87.5 Å². The molecule has 3 heterocycles. The SMILES string of the molecule is CCO[C@@H]1C[C@H]2C(=O)NC3(CCC3)C(=O)N(C)[C@@H](C3CCCC3)C(=O)N(C)[C@H](C(=O)N(C)C)CC(=O)N(C)[C@@H](CC3CCCC3)C(=O)N[C@@H]([C@@H](C)CC)C(=O)N(C)CC(=O)N(C)[C@H]3C/C=C\CCN(C3=O)[C@@H](Cc3ccc(C(F)(F)F)cc3)C(=O)N(C)CC(=O)N[C@@H](CCc3cc(F)c(C(F)(F)F)c(F)c3)C(=O)N2C1. The molecule has 3 saturated carbocycles. The zero-order valence-electron chi connectivity index (χ0n) is 64.6. The minimum atomic E-state index is -5.46. The Labute approximate surface area is 636 Å². The number of hydrogen-bond donors (Lipinski definition) is 3. The summed E-state index contributed by atoms with van der Waals surface area (Å²) < 4.78 is 120. The number of nitrogens with one attached hydrogen (secondary N) is 3. The maximum atomic E-state index is 15.6. The lowest BCUT2D eigenvalue weighted by Gasteiger charge is -2.46. The molecule has 10 atom stereocenters. The number of fused-ring (bicyclic) bond motifs is 3. The molecule has 5 fully saturated rings. The highest BCUT2D eigenvalue weighted by molar-refractivity contribution is 6.01. The van der Waals surface area contributed by atoms with Crippen LogP contribution in [0.1, 0.15) is 159 Å². The summed E-state index contributed by atoms with van der Waals surface area (Å²) in [5.74, 6) is -15.0. The molecule has 2 bridgehead atoms. The number of hydrogen-bond acceptors (Lipinski definition) is 13. The number of amides is 12. The fourth-order valence-corrected chi connectivity index (χ4v) is 16.2. The summed E-state index contributed by atoms with van der Waals surface area (Å²) in [6.45, 7) is 2.98. The summed E-state index contributed by atoms with van der Waals surface area (Å²) in [5.41, 5.74) is -5.24. The molecule has 0 aromatic heterocycles. The van der Waals surface area contributed by atoms with Gasteiger partial charge in [-0.3, -0.25) is 57.5 Å². The van der Waals surface area contributed by atoms with Gasteiger partial charge in [0.25, 0.3) is 0 Å². The molecule has 8 rings (SSSR count). The number of carbonyl (C=O) groups is 12. The van der Waals surface area contributed by atoms with E-state index in [4.69, 9.17) is 4.74 Å². The molecule has 3 aliphatic heterocycles. The Morgan fingerprint density at radius 1 is 0.655 bits per heavy atom. The topological polar surface area (TPSA) is 279 Å². The molecule has 2 aromatic carbocycles.